The van der Waals surface area contributed by atoms with E-state index < -0.39 is 0 Å². The molecule has 0 fully saturated rings. The van der Waals surface area contributed by atoms with Crippen LogP contribution in [0.4, 0.5) is 0 Å². The van der Waals surface area contributed by atoms with E-state index in [4.69, 9.17) is 6.85 Å². The van der Waals surface area contributed by atoms with Crippen LogP contribution in [0.3, 0.4) is 0 Å². The van der Waals surface area contributed by atoms with E-state index in [2.05, 4.69) is 5.32 Å². The summed E-state index contributed by atoms with van der Waals surface area (Å²) >= 11 is 0. The molecule has 0 saturated carbocycles. The molecule has 1 N–H and O–H groups in total. The predicted octanol–water partition coefficient (Wildman–Crippen LogP) is 1.84. The zero-order valence-electron chi connectivity index (χ0n) is 11.8. The van der Waals surface area contributed by atoms with Crippen LogP contribution in [0.5, 0.6) is 0 Å². The molecule has 1 rings (SSSR count). The first-order chi connectivity index (χ1) is 7.40. The molecule has 0 aromatic heterocycles. The van der Waals surface area contributed by atoms with Gasteiger partial charge in [-0.25, -0.2) is 0 Å². The first kappa shape index (κ1) is 3.72. The van der Waals surface area contributed by atoms with Crippen LogP contribution in [0.25, 0.3) is 0 Å². The Labute approximate surface area is 75.5 Å². The van der Waals surface area contributed by atoms with Crippen LogP contribution in [0.2, 0.25) is 0 Å². The highest BCUT2D eigenvalue weighted by Crippen LogP contribution is 2.01. The van der Waals surface area contributed by atoms with Crippen molar-refractivity contribution in [3.8, 4) is 0 Å². The predicted molar refractivity (Wildman–Crippen MR) is 48.7 cm³/mol. The lowest BCUT2D eigenvalue weighted by atomic mass is 10.1. The first-order valence-electron chi connectivity index (χ1n) is 6.13. The fourth-order valence-corrected chi connectivity index (χ4v) is 0.786. The lowest BCUT2D eigenvalue weighted by Gasteiger charge is -2.08. The molecule has 0 heterocycles. The van der Waals surface area contributed by atoms with E-state index in [1.807, 2.05) is 6.92 Å². The molecular formula is C10H15N. The number of nitrogens with one attached hydrogen (secondary N) is 1. The zero-order valence-corrected chi connectivity index (χ0v) is 6.78. The first-order valence-corrected chi connectivity index (χ1v) is 3.63. The fraction of sp³-hybridized carbons (Fsp3) is 0.400. The van der Waals surface area contributed by atoms with Crippen molar-refractivity contribution >= 4 is 0 Å². The summed E-state index contributed by atoms with van der Waals surface area (Å²) < 4.78 is 37.9. The Balaban J connectivity index is 3.28. The number of benzene rings is 1. The van der Waals surface area contributed by atoms with Gasteiger partial charge in [-0.15, -0.1) is 0 Å². The van der Waals surface area contributed by atoms with E-state index in [0.717, 1.165) is 0 Å². The Kier molecular flexibility index (Phi) is 1.40. The second kappa shape index (κ2) is 4.14. The maximum absolute atomic E-state index is 7.70. The molecule has 1 aromatic rings. The van der Waals surface area contributed by atoms with Crippen molar-refractivity contribution in [2.24, 2.45) is 0 Å². The van der Waals surface area contributed by atoms with Gasteiger partial charge in [-0.1, -0.05) is 30.2 Å². The van der Waals surface area contributed by atoms with E-state index >= 15 is 0 Å². The molecule has 11 heavy (non-hydrogen) atoms. The normalized spacial score (nSPS) is 19.3. The van der Waals surface area contributed by atoms with Gasteiger partial charge in [-0.05, 0) is 26.0 Å². The highest BCUT2D eigenvalue weighted by molar-refractivity contribution is 5.15. The molecular weight excluding hydrogens is 134 g/mol. The lowest BCUT2D eigenvalue weighted by molar-refractivity contribution is 0.608. The van der Waals surface area contributed by atoms with Crippen LogP contribution in [0, 0.1) is 0 Å². The van der Waals surface area contributed by atoms with E-state index in [1.54, 1.807) is 7.05 Å². The molecule has 1 heteroatoms. The quantitative estimate of drug-likeness (QED) is 0.700. The maximum atomic E-state index is 7.70. The molecule has 60 valence electrons. The van der Waals surface area contributed by atoms with Crippen LogP contribution in [-0.4, -0.2) is 13.1 Å². The van der Waals surface area contributed by atoms with Crippen molar-refractivity contribution in [3.05, 3.63) is 35.8 Å². The average molecular weight is 154 g/mol. The fourth-order valence-electron chi connectivity index (χ4n) is 0.786. The Hall–Kier alpha value is -0.820. The van der Waals surface area contributed by atoms with Crippen molar-refractivity contribution in [1.29, 1.82) is 0 Å². The summed E-state index contributed by atoms with van der Waals surface area (Å²) in [5.41, 5.74) is 0.368. The number of rotatable bonds is 3. The molecule has 1 atom stereocenters. The van der Waals surface area contributed by atoms with Crippen LogP contribution < -0.4 is 5.32 Å². The zero-order chi connectivity index (χ0) is 12.5. The second-order valence-electron chi connectivity index (χ2n) is 2.50. The molecule has 0 aliphatic heterocycles. The Morgan fingerprint density at radius 3 is 2.64 bits per heavy atom. The molecule has 0 spiro atoms. The average Bonchev–Trinajstić information content (AvgIpc) is 2.29. The minimum Gasteiger partial charge on any atom is -0.317 e. The molecule has 1 aromatic carbocycles. The van der Waals surface area contributed by atoms with Gasteiger partial charge in [-0.2, -0.15) is 0 Å². The molecule has 0 aliphatic carbocycles. The minimum absolute atomic E-state index is 0.0728. The third-order valence-corrected chi connectivity index (χ3v) is 1.55. The van der Waals surface area contributed by atoms with Gasteiger partial charge in [0.25, 0.3) is 0 Å². The Bertz CT molecular complexity index is 376. The third kappa shape index (κ3) is 2.72. The van der Waals surface area contributed by atoms with Gasteiger partial charge in [0.2, 0.25) is 0 Å². The van der Waals surface area contributed by atoms with Crippen molar-refractivity contribution < 1.29 is 6.85 Å². The molecule has 0 aliphatic rings. The minimum atomic E-state index is -0.337. The lowest BCUT2D eigenvalue weighted by Crippen LogP contribution is -2.23. The smallest absolute Gasteiger partial charge is 0.0626 e. The molecule has 1 nitrogen and oxygen atoms in total. The number of likely N-dealkylation sites (N-methyl/N-ethyl adjacent to an activating group) is 1. The maximum Gasteiger partial charge on any atom is 0.0626 e. The second-order valence-corrected chi connectivity index (χ2v) is 2.50. The van der Waals surface area contributed by atoms with E-state index in [9.17, 15) is 0 Å². The molecule has 0 radical (unpaired) electrons. The molecule has 1 unspecified atom stereocenters. The Morgan fingerprint density at radius 2 is 2.09 bits per heavy atom. The summed E-state index contributed by atoms with van der Waals surface area (Å²) in [5, 5.41) is 2.99. The molecule has 0 bridgehead atoms. The van der Waals surface area contributed by atoms with Gasteiger partial charge < -0.3 is 5.32 Å². The highest BCUT2D eigenvalue weighted by Gasteiger charge is 1.97. The van der Waals surface area contributed by atoms with E-state index in [-0.39, 0.29) is 36.3 Å². The van der Waals surface area contributed by atoms with Crippen molar-refractivity contribution in [2.45, 2.75) is 19.4 Å². The standard InChI is InChI=1S/C10H15N/c1-9(11-2)8-10-6-4-3-5-7-10/h3-7,9,11H,8H2,1-2H3/i3D,4D,5D,6D,7D. The van der Waals surface area contributed by atoms with Crippen LogP contribution in [-0.2, 0) is 6.42 Å². The molecule has 0 amide bonds. The van der Waals surface area contributed by atoms with Gasteiger partial charge in [0.1, 0.15) is 0 Å². The molecule has 0 saturated heterocycles. The summed E-state index contributed by atoms with van der Waals surface area (Å²) in [6.07, 6.45) is 0.423. The van der Waals surface area contributed by atoms with Crippen molar-refractivity contribution in [3.63, 3.8) is 0 Å². The van der Waals surface area contributed by atoms with E-state index in [1.165, 1.54) is 0 Å². The summed E-state index contributed by atoms with van der Waals surface area (Å²) in [6, 6.07) is -1.00. The van der Waals surface area contributed by atoms with Gasteiger partial charge in [0, 0.05) is 6.04 Å². The van der Waals surface area contributed by atoms with Crippen molar-refractivity contribution in [1.82, 2.24) is 5.32 Å². The summed E-state index contributed by atoms with van der Waals surface area (Å²) in [6.45, 7) is 1.90. The topological polar surface area (TPSA) is 12.0 Å². The monoisotopic (exact) mass is 154 g/mol. The van der Waals surface area contributed by atoms with Gasteiger partial charge in [-0.3, -0.25) is 0 Å². The SMILES string of the molecule is [2H]c1c([2H])c([2H])c(CC(C)NC)c([2H])c1[2H]. The van der Waals surface area contributed by atoms with Crippen molar-refractivity contribution in [2.75, 3.05) is 7.05 Å². The van der Waals surface area contributed by atoms with Crippen LogP contribution >= 0.6 is 0 Å². The summed E-state index contributed by atoms with van der Waals surface area (Å²) in [4.78, 5) is 0. The third-order valence-electron chi connectivity index (χ3n) is 1.55. The summed E-state index contributed by atoms with van der Waals surface area (Å²) in [7, 11) is 1.78. The van der Waals surface area contributed by atoms with E-state index in [0.29, 0.717) is 12.0 Å². The van der Waals surface area contributed by atoms with Gasteiger partial charge >= 0.3 is 0 Å². The van der Waals surface area contributed by atoms with Gasteiger partial charge in [0.05, 0.1) is 6.85 Å². The number of hydrogen-bond acceptors (Lipinski definition) is 1. The summed E-state index contributed by atoms with van der Waals surface area (Å²) in [5.74, 6) is 0. The van der Waals surface area contributed by atoms with Crippen LogP contribution in [0.1, 0.15) is 19.3 Å². The number of hydrogen-bond donors (Lipinski definition) is 1. The van der Waals surface area contributed by atoms with Gasteiger partial charge in [0.15, 0.2) is 0 Å². The largest absolute Gasteiger partial charge is 0.317 e. The Morgan fingerprint density at radius 1 is 1.45 bits per heavy atom. The van der Waals surface area contributed by atoms with Crippen LogP contribution in [0.15, 0.2) is 30.2 Å². The highest BCUT2D eigenvalue weighted by atomic mass is 14.8.